The van der Waals surface area contributed by atoms with Crippen molar-refractivity contribution in [2.45, 2.75) is 90.9 Å². The Labute approximate surface area is 181 Å². The number of aliphatic hydroxyl groups is 1. The summed E-state index contributed by atoms with van der Waals surface area (Å²) in [5.74, 6) is -0.402. The van der Waals surface area contributed by atoms with Crippen LogP contribution in [-0.2, 0) is 16.1 Å². The number of rotatable bonds is 13. The number of carbonyl (C=O) groups excluding carboxylic acids is 2. The molecule has 0 saturated heterocycles. The molecule has 168 valence electrons. The van der Waals surface area contributed by atoms with Crippen molar-refractivity contribution in [1.29, 1.82) is 0 Å². The molecule has 0 radical (unpaired) electrons. The molecule has 1 aromatic rings. The predicted molar refractivity (Wildman–Crippen MR) is 120 cm³/mol. The van der Waals surface area contributed by atoms with Gasteiger partial charge in [-0.05, 0) is 39.2 Å². The zero-order valence-corrected chi connectivity index (χ0v) is 18.9. The SMILES string of the molecule is CCCCCCCC(C)(O)CC=C(NC(=O)OCc1ccccc1)C(=O)NC(C)C. The normalized spacial score (nSPS) is 13.6. The monoisotopic (exact) mass is 418 g/mol. The Morgan fingerprint density at radius 1 is 1.13 bits per heavy atom. The van der Waals surface area contributed by atoms with Gasteiger partial charge in [0.25, 0.3) is 5.91 Å². The summed E-state index contributed by atoms with van der Waals surface area (Å²) in [4.78, 5) is 24.7. The van der Waals surface area contributed by atoms with E-state index in [2.05, 4.69) is 17.6 Å². The number of alkyl carbamates (subject to hydrolysis) is 1. The molecule has 0 saturated carbocycles. The molecule has 0 heterocycles. The Kier molecular flexibility index (Phi) is 11.8. The van der Waals surface area contributed by atoms with E-state index < -0.39 is 17.6 Å². The molecular formula is C24H38N2O4. The number of amides is 2. The highest BCUT2D eigenvalue weighted by atomic mass is 16.5. The Morgan fingerprint density at radius 3 is 2.43 bits per heavy atom. The maximum Gasteiger partial charge on any atom is 0.412 e. The van der Waals surface area contributed by atoms with Crippen LogP contribution in [0, 0.1) is 0 Å². The minimum absolute atomic E-state index is 0.0814. The first-order valence-corrected chi connectivity index (χ1v) is 10.9. The Hall–Kier alpha value is -2.34. The second-order valence-electron chi connectivity index (χ2n) is 8.30. The van der Waals surface area contributed by atoms with Crippen LogP contribution < -0.4 is 10.6 Å². The lowest BCUT2D eigenvalue weighted by atomic mass is 9.94. The van der Waals surface area contributed by atoms with Crippen molar-refractivity contribution in [1.82, 2.24) is 10.6 Å². The van der Waals surface area contributed by atoms with Gasteiger partial charge in [0.1, 0.15) is 12.3 Å². The van der Waals surface area contributed by atoms with Gasteiger partial charge < -0.3 is 15.2 Å². The summed E-state index contributed by atoms with van der Waals surface area (Å²) in [6, 6.07) is 9.24. The van der Waals surface area contributed by atoms with E-state index in [1.807, 2.05) is 44.2 Å². The maximum atomic E-state index is 12.5. The molecule has 0 spiro atoms. The molecule has 6 heteroatoms. The number of ether oxygens (including phenoxy) is 1. The second-order valence-corrected chi connectivity index (χ2v) is 8.30. The fraction of sp³-hybridized carbons (Fsp3) is 0.583. The summed E-state index contributed by atoms with van der Waals surface area (Å²) in [7, 11) is 0. The average molecular weight is 419 g/mol. The lowest BCUT2D eigenvalue weighted by Crippen LogP contribution is -2.38. The minimum atomic E-state index is -0.939. The van der Waals surface area contributed by atoms with Gasteiger partial charge in [-0.2, -0.15) is 0 Å². The Morgan fingerprint density at radius 2 is 1.80 bits per heavy atom. The van der Waals surface area contributed by atoms with Crippen LogP contribution in [0.25, 0.3) is 0 Å². The van der Waals surface area contributed by atoms with Crippen molar-refractivity contribution in [3.8, 4) is 0 Å². The standard InChI is InChI=1S/C24H38N2O4/c1-5-6-7-8-12-16-24(4,29)17-15-21(22(27)25-19(2)3)26-23(28)30-18-20-13-10-9-11-14-20/h9-11,13-15,19,29H,5-8,12,16-18H2,1-4H3,(H,25,27)(H,26,28). The third-order valence-corrected chi connectivity index (χ3v) is 4.68. The largest absolute Gasteiger partial charge is 0.444 e. The van der Waals surface area contributed by atoms with Gasteiger partial charge in [-0.3, -0.25) is 10.1 Å². The Balaban J connectivity index is 2.66. The van der Waals surface area contributed by atoms with Gasteiger partial charge in [0.2, 0.25) is 0 Å². The van der Waals surface area contributed by atoms with Crippen molar-refractivity contribution in [2.24, 2.45) is 0 Å². The van der Waals surface area contributed by atoms with E-state index in [0.717, 1.165) is 18.4 Å². The zero-order chi connectivity index (χ0) is 22.4. The molecule has 0 aromatic heterocycles. The third kappa shape index (κ3) is 11.6. The van der Waals surface area contributed by atoms with Crippen molar-refractivity contribution in [3.05, 3.63) is 47.7 Å². The summed E-state index contributed by atoms with van der Waals surface area (Å²) < 4.78 is 5.21. The molecule has 0 fully saturated rings. The van der Waals surface area contributed by atoms with Gasteiger partial charge in [-0.1, -0.05) is 75.4 Å². The molecule has 6 nitrogen and oxygen atoms in total. The van der Waals surface area contributed by atoms with Gasteiger partial charge in [0.05, 0.1) is 5.60 Å². The molecule has 1 aromatic carbocycles. The van der Waals surface area contributed by atoms with Gasteiger partial charge in [-0.15, -0.1) is 0 Å². The van der Waals surface area contributed by atoms with E-state index in [1.54, 1.807) is 13.0 Å². The van der Waals surface area contributed by atoms with Crippen molar-refractivity contribution < 1.29 is 19.4 Å². The summed E-state index contributed by atoms with van der Waals surface area (Å²) in [6.45, 7) is 7.73. The molecule has 0 aliphatic rings. The van der Waals surface area contributed by atoms with Crippen LogP contribution in [0.15, 0.2) is 42.1 Å². The maximum absolute atomic E-state index is 12.5. The lowest BCUT2D eigenvalue weighted by Gasteiger charge is -2.22. The topological polar surface area (TPSA) is 87.7 Å². The van der Waals surface area contributed by atoms with Gasteiger partial charge in [-0.25, -0.2) is 4.79 Å². The molecule has 30 heavy (non-hydrogen) atoms. The zero-order valence-electron chi connectivity index (χ0n) is 18.9. The predicted octanol–water partition coefficient (Wildman–Crippen LogP) is 4.82. The van der Waals surface area contributed by atoms with Crippen molar-refractivity contribution >= 4 is 12.0 Å². The number of hydrogen-bond donors (Lipinski definition) is 3. The van der Waals surface area contributed by atoms with Crippen molar-refractivity contribution in [3.63, 3.8) is 0 Å². The van der Waals surface area contributed by atoms with E-state index in [0.29, 0.717) is 6.42 Å². The van der Waals surface area contributed by atoms with E-state index >= 15 is 0 Å². The highest BCUT2D eigenvalue weighted by Crippen LogP contribution is 2.20. The summed E-state index contributed by atoms with van der Waals surface area (Å²) in [5, 5.41) is 15.9. The number of carbonyl (C=O) groups is 2. The number of hydrogen-bond acceptors (Lipinski definition) is 4. The fourth-order valence-corrected chi connectivity index (χ4v) is 2.94. The van der Waals surface area contributed by atoms with Crippen LogP contribution in [0.1, 0.15) is 78.2 Å². The number of unbranched alkanes of at least 4 members (excludes halogenated alkanes) is 4. The van der Waals surface area contributed by atoms with Gasteiger partial charge in [0, 0.05) is 6.04 Å². The molecule has 2 amide bonds. The highest BCUT2D eigenvalue weighted by molar-refractivity contribution is 5.96. The third-order valence-electron chi connectivity index (χ3n) is 4.68. The van der Waals surface area contributed by atoms with Crippen LogP contribution in [0.5, 0.6) is 0 Å². The minimum Gasteiger partial charge on any atom is -0.444 e. The van der Waals surface area contributed by atoms with Crippen LogP contribution in [-0.4, -0.2) is 28.7 Å². The summed E-state index contributed by atoms with van der Waals surface area (Å²) in [5.41, 5.74) is 0.00871. The molecule has 1 rings (SSSR count). The molecular weight excluding hydrogens is 380 g/mol. The van der Waals surface area contributed by atoms with E-state index in [4.69, 9.17) is 4.74 Å². The number of benzene rings is 1. The van der Waals surface area contributed by atoms with E-state index in [-0.39, 0.29) is 24.8 Å². The molecule has 0 aliphatic carbocycles. The molecule has 1 unspecified atom stereocenters. The lowest BCUT2D eigenvalue weighted by molar-refractivity contribution is -0.118. The quantitative estimate of drug-likeness (QED) is 0.316. The first-order valence-electron chi connectivity index (χ1n) is 10.9. The number of nitrogens with one attached hydrogen (secondary N) is 2. The Bertz CT molecular complexity index is 669. The second kappa shape index (κ2) is 13.8. The molecule has 3 N–H and O–H groups in total. The van der Waals surface area contributed by atoms with Crippen LogP contribution in [0.4, 0.5) is 4.79 Å². The molecule has 0 aliphatic heterocycles. The van der Waals surface area contributed by atoms with Crippen molar-refractivity contribution in [2.75, 3.05) is 0 Å². The van der Waals surface area contributed by atoms with E-state index in [1.165, 1.54) is 19.3 Å². The molecule has 0 bridgehead atoms. The van der Waals surface area contributed by atoms with Gasteiger partial charge >= 0.3 is 6.09 Å². The fourth-order valence-electron chi connectivity index (χ4n) is 2.94. The van der Waals surface area contributed by atoms with Crippen LogP contribution in [0.3, 0.4) is 0 Å². The average Bonchev–Trinajstić information content (AvgIpc) is 2.69. The van der Waals surface area contributed by atoms with E-state index in [9.17, 15) is 14.7 Å². The molecule has 1 atom stereocenters. The van der Waals surface area contributed by atoms with Crippen LogP contribution >= 0.6 is 0 Å². The van der Waals surface area contributed by atoms with Crippen LogP contribution in [0.2, 0.25) is 0 Å². The van der Waals surface area contributed by atoms with Gasteiger partial charge in [0.15, 0.2) is 0 Å². The first kappa shape index (κ1) is 25.7. The summed E-state index contributed by atoms with van der Waals surface area (Å²) in [6.07, 6.45) is 7.34. The smallest absolute Gasteiger partial charge is 0.412 e. The highest BCUT2D eigenvalue weighted by Gasteiger charge is 2.21. The first-order chi connectivity index (χ1) is 14.2. The summed E-state index contributed by atoms with van der Waals surface area (Å²) >= 11 is 0.